The zero-order chi connectivity index (χ0) is 17.0. The predicted molar refractivity (Wildman–Crippen MR) is 81.8 cm³/mol. The van der Waals surface area contributed by atoms with Crippen LogP contribution in [0.4, 0.5) is 4.39 Å². The molecule has 0 aromatic heterocycles. The summed E-state index contributed by atoms with van der Waals surface area (Å²) in [6, 6.07) is 3.98. The molecule has 1 aliphatic rings. The van der Waals surface area contributed by atoms with E-state index in [1.54, 1.807) is 6.92 Å². The van der Waals surface area contributed by atoms with Crippen molar-refractivity contribution in [3.8, 4) is 0 Å². The van der Waals surface area contributed by atoms with Gasteiger partial charge in [-0.1, -0.05) is 0 Å². The van der Waals surface area contributed by atoms with Gasteiger partial charge < -0.3 is 9.84 Å². The Morgan fingerprint density at radius 1 is 1.39 bits per heavy atom. The van der Waals surface area contributed by atoms with Gasteiger partial charge in [-0.3, -0.25) is 0 Å². The van der Waals surface area contributed by atoms with Gasteiger partial charge in [0.05, 0.1) is 23.2 Å². The molecule has 1 saturated heterocycles. The monoisotopic (exact) mass is 345 g/mol. The van der Waals surface area contributed by atoms with Crippen LogP contribution in [0.1, 0.15) is 28.8 Å². The maximum atomic E-state index is 12.7. The second-order valence-electron chi connectivity index (χ2n) is 5.45. The molecule has 0 saturated carbocycles. The molecule has 0 radical (unpaired) electrons. The summed E-state index contributed by atoms with van der Waals surface area (Å²) in [5.41, 5.74) is 0.459. The Balaban J connectivity index is 2.12. The van der Waals surface area contributed by atoms with Crippen LogP contribution in [0.25, 0.3) is 0 Å². The zero-order valence-corrected chi connectivity index (χ0v) is 13.7. The van der Waals surface area contributed by atoms with Crippen LogP contribution in [0.3, 0.4) is 0 Å². The number of aryl methyl sites for hydroxylation is 1. The molecule has 0 aliphatic carbocycles. The molecule has 0 atom stereocenters. The number of aromatic carboxylic acids is 1. The minimum Gasteiger partial charge on any atom is -0.478 e. The van der Waals surface area contributed by atoms with Crippen LogP contribution in [-0.2, 0) is 14.8 Å². The molecule has 1 N–H and O–H groups in total. The van der Waals surface area contributed by atoms with Gasteiger partial charge in [-0.25, -0.2) is 17.6 Å². The van der Waals surface area contributed by atoms with Gasteiger partial charge in [-0.05, 0) is 43.5 Å². The number of halogens is 1. The molecule has 0 bridgehead atoms. The first-order chi connectivity index (χ1) is 10.9. The van der Waals surface area contributed by atoms with E-state index in [1.165, 1.54) is 22.5 Å². The van der Waals surface area contributed by atoms with E-state index in [1.807, 2.05) is 0 Å². The number of carbonyl (C=O) groups is 1. The second-order valence-corrected chi connectivity index (χ2v) is 7.36. The highest BCUT2D eigenvalue weighted by molar-refractivity contribution is 7.89. The molecule has 2 rings (SSSR count). The fourth-order valence-corrected chi connectivity index (χ4v) is 4.34. The van der Waals surface area contributed by atoms with Crippen LogP contribution in [-0.4, -0.2) is 56.3 Å². The third kappa shape index (κ3) is 4.07. The van der Waals surface area contributed by atoms with Gasteiger partial charge >= 0.3 is 5.97 Å². The van der Waals surface area contributed by atoms with Crippen LogP contribution in [0.2, 0.25) is 0 Å². The lowest BCUT2D eigenvalue weighted by atomic mass is 10.1. The van der Waals surface area contributed by atoms with E-state index in [-0.39, 0.29) is 23.2 Å². The quantitative estimate of drug-likeness (QED) is 0.850. The van der Waals surface area contributed by atoms with E-state index in [4.69, 9.17) is 9.84 Å². The summed E-state index contributed by atoms with van der Waals surface area (Å²) in [5, 5.41) is 8.95. The molecule has 6 nitrogen and oxygen atoms in total. The smallest absolute Gasteiger partial charge is 0.335 e. The Morgan fingerprint density at radius 3 is 2.57 bits per heavy atom. The molecular formula is C15H20FNO5S. The average molecular weight is 345 g/mol. The molecule has 1 heterocycles. The van der Waals surface area contributed by atoms with Gasteiger partial charge in [0.1, 0.15) is 6.67 Å². The number of piperidine rings is 1. The molecule has 128 valence electrons. The Bertz CT molecular complexity index is 668. The molecule has 1 aromatic carbocycles. The van der Waals surface area contributed by atoms with Gasteiger partial charge in [0.2, 0.25) is 10.0 Å². The van der Waals surface area contributed by atoms with Crippen molar-refractivity contribution in [2.45, 2.75) is 30.8 Å². The van der Waals surface area contributed by atoms with Gasteiger partial charge in [-0.15, -0.1) is 0 Å². The molecule has 1 fully saturated rings. The highest BCUT2D eigenvalue weighted by Crippen LogP contribution is 2.25. The largest absolute Gasteiger partial charge is 0.478 e. The first-order valence-corrected chi connectivity index (χ1v) is 8.82. The maximum absolute atomic E-state index is 12.7. The van der Waals surface area contributed by atoms with Crippen LogP contribution >= 0.6 is 0 Å². The summed E-state index contributed by atoms with van der Waals surface area (Å²) in [6.45, 7) is 1.68. The van der Waals surface area contributed by atoms with Crippen molar-refractivity contribution in [3.63, 3.8) is 0 Å². The van der Waals surface area contributed by atoms with Crippen molar-refractivity contribution in [1.82, 2.24) is 4.31 Å². The number of hydrogen-bond donors (Lipinski definition) is 1. The van der Waals surface area contributed by atoms with Crippen molar-refractivity contribution in [2.24, 2.45) is 0 Å². The van der Waals surface area contributed by atoms with Crippen LogP contribution < -0.4 is 0 Å². The van der Waals surface area contributed by atoms with Crippen LogP contribution in [0, 0.1) is 6.92 Å². The lowest BCUT2D eigenvalue weighted by molar-refractivity contribution is 0.0147. The Morgan fingerprint density at radius 2 is 2.04 bits per heavy atom. The molecule has 23 heavy (non-hydrogen) atoms. The normalized spacial score (nSPS) is 17.3. The molecule has 8 heteroatoms. The molecule has 0 amide bonds. The number of carboxylic acids is 1. The van der Waals surface area contributed by atoms with Gasteiger partial charge in [0.15, 0.2) is 0 Å². The van der Waals surface area contributed by atoms with E-state index in [0.29, 0.717) is 31.5 Å². The first-order valence-electron chi connectivity index (χ1n) is 7.38. The minimum absolute atomic E-state index is 0.0349. The Kier molecular flexibility index (Phi) is 5.72. The number of benzene rings is 1. The standard InChI is InChI=1S/C15H20FNO5S/c1-11-10-12(15(18)19)2-3-14(11)23(20,21)17-7-4-13(5-8-17)22-9-6-16/h2-3,10,13H,4-9H2,1H3,(H,18,19). The van der Waals surface area contributed by atoms with Gasteiger partial charge in [0.25, 0.3) is 0 Å². The maximum Gasteiger partial charge on any atom is 0.335 e. The van der Waals surface area contributed by atoms with E-state index in [0.717, 1.165) is 0 Å². The van der Waals surface area contributed by atoms with Gasteiger partial charge in [0, 0.05) is 13.1 Å². The predicted octanol–water partition coefficient (Wildman–Crippen LogP) is 1.83. The lowest BCUT2D eigenvalue weighted by Crippen LogP contribution is -2.41. The zero-order valence-electron chi connectivity index (χ0n) is 12.9. The molecule has 0 unspecified atom stereocenters. The number of sulfonamides is 1. The molecular weight excluding hydrogens is 325 g/mol. The third-order valence-corrected chi connectivity index (χ3v) is 5.93. The van der Waals surface area contributed by atoms with E-state index >= 15 is 0 Å². The number of carboxylic acid groups (broad SMARTS) is 1. The number of alkyl halides is 1. The van der Waals surface area contributed by atoms with Crippen LogP contribution in [0.15, 0.2) is 23.1 Å². The summed E-state index contributed by atoms with van der Waals surface area (Å²) < 4.78 is 44.1. The van der Waals surface area contributed by atoms with E-state index in [2.05, 4.69) is 0 Å². The fraction of sp³-hybridized carbons (Fsp3) is 0.533. The second kappa shape index (κ2) is 7.37. The first kappa shape index (κ1) is 17.8. The van der Waals surface area contributed by atoms with Crippen molar-refractivity contribution < 1.29 is 27.4 Å². The minimum atomic E-state index is -3.67. The number of hydrogen-bond acceptors (Lipinski definition) is 4. The Hall–Kier alpha value is -1.51. The number of rotatable bonds is 6. The molecule has 1 aliphatic heterocycles. The topological polar surface area (TPSA) is 83.9 Å². The summed E-state index contributed by atoms with van der Waals surface area (Å²) in [5.74, 6) is -1.09. The SMILES string of the molecule is Cc1cc(C(=O)O)ccc1S(=O)(=O)N1CCC(OCCF)CC1. The summed E-state index contributed by atoms with van der Waals surface area (Å²) >= 11 is 0. The summed E-state index contributed by atoms with van der Waals surface area (Å²) in [4.78, 5) is 11.1. The highest BCUT2D eigenvalue weighted by Gasteiger charge is 2.30. The summed E-state index contributed by atoms with van der Waals surface area (Å²) in [7, 11) is -3.67. The van der Waals surface area contributed by atoms with Crippen molar-refractivity contribution in [2.75, 3.05) is 26.4 Å². The van der Waals surface area contributed by atoms with E-state index in [9.17, 15) is 17.6 Å². The molecule has 0 spiro atoms. The number of ether oxygens (including phenoxy) is 1. The Labute approximate surface area is 134 Å². The van der Waals surface area contributed by atoms with Crippen molar-refractivity contribution >= 4 is 16.0 Å². The third-order valence-electron chi connectivity index (χ3n) is 3.87. The van der Waals surface area contributed by atoms with E-state index < -0.39 is 22.7 Å². The average Bonchev–Trinajstić information content (AvgIpc) is 2.52. The number of nitrogens with zero attached hydrogens (tertiary/aromatic N) is 1. The van der Waals surface area contributed by atoms with Crippen LogP contribution in [0.5, 0.6) is 0 Å². The lowest BCUT2D eigenvalue weighted by Gasteiger charge is -2.31. The molecule has 1 aromatic rings. The highest BCUT2D eigenvalue weighted by atomic mass is 32.2. The fourth-order valence-electron chi connectivity index (χ4n) is 2.66. The van der Waals surface area contributed by atoms with Gasteiger partial charge in [-0.2, -0.15) is 4.31 Å². The van der Waals surface area contributed by atoms with Crippen molar-refractivity contribution in [3.05, 3.63) is 29.3 Å². The van der Waals surface area contributed by atoms with Crippen molar-refractivity contribution in [1.29, 1.82) is 0 Å². The summed E-state index contributed by atoms with van der Waals surface area (Å²) in [6.07, 6.45) is 0.921.